The molecule has 0 radical (unpaired) electrons. The number of nitrogens with zero attached hydrogens (tertiary/aromatic N) is 1. The standard InChI is InChI=1S/C52H75NO6Si/c1-38(23-22-24-39(2)48(57-47-30-19-21-35-55-47)41(4)49(54)51(8,9)46-33-36-56-52(10,11)58-46)31-32-45(40(3)37-42-25-18-20-34-53-42)59-60(50(5,6)7,43-26-14-12-15-27-43)44-28-16-13-17-29-44/h12-18,20,25-29,31,34,37,39,41,45-48H,19,21-24,30,32-33,35-36H2,1-11H3/t39-,41?,45-,46-,47?,48-/m0/s1. The summed E-state index contributed by atoms with van der Waals surface area (Å²) in [5.74, 6) is -0.703. The first-order chi connectivity index (χ1) is 28.4. The van der Waals surface area contributed by atoms with Crippen molar-refractivity contribution in [2.75, 3.05) is 13.2 Å². The van der Waals surface area contributed by atoms with Gasteiger partial charge in [-0.1, -0.05) is 127 Å². The summed E-state index contributed by atoms with van der Waals surface area (Å²) in [6.07, 6.45) is 12.8. The summed E-state index contributed by atoms with van der Waals surface area (Å²) in [5, 5.41) is 2.38. The number of allylic oxidation sites excluding steroid dienone is 1. The first kappa shape index (κ1) is 47.8. The van der Waals surface area contributed by atoms with E-state index in [2.05, 4.69) is 132 Å². The third-order valence-corrected chi connectivity index (χ3v) is 17.9. The number of benzene rings is 2. The topological polar surface area (TPSA) is 76.1 Å². The Kier molecular flexibility index (Phi) is 16.9. The Morgan fingerprint density at radius 2 is 1.55 bits per heavy atom. The zero-order valence-electron chi connectivity index (χ0n) is 38.7. The lowest BCUT2D eigenvalue weighted by atomic mass is 9.72. The van der Waals surface area contributed by atoms with Crippen LogP contribution in [-0.2, 0) is 28.2 Å². The van der Waals surface area contributed by atoms with Gasteiger partial charge in [0.2, 0.25) is 0 Å². The largest absolute Gasteiger partial charge is 0.400 e. The molecule has 3 aromatic rings. The zero-order valence-corrected chi connectivity index (χ0v) is 39.7. The molecule has 0 saturated carbocycles. The highest BCUT2D eigenvalue weighted by molar-refractivity contribution is 6.99. The highest BCUT2D eigenvalue weighted by atomic mass is 28.4. The van der Waals surface area contributed by atoms with Crippen molar-refractivity contribution in [3.63, 3.8) is 0 Å². The van der Waals surface area contributed by atoms with Crippen molar-refractivity contribution in [2.24, 2.45) is 17.3 Å². The summed E-state index contributed by atoms with van der Waals surface area (Å²) in [6.45, 7) is 24.9. The van der Waals surface area contributed by atoms with Crippen LogP contribution in [0.5, 0.6) is 0 Å². The number of hydrogen-bond donors (Lipinski definition) is 0. The van der Waals surface area contributed by atoms with E-state index in [1.54, 1.807) is 0 Å². The Morgan fingerprint density at radius 3 is 2.12 bits per heavy atom. The van der Waals surface area contributed by atoms with Crippen molar-refractivity contribution < 1.29 is 28.2 Å². The van der Waals surface area contributed by atoms with Gasteiger partial charge >= 0.3 is 0 Å². The van der Waals surface area contributed by atoms with Crippen molar-refractivity contribution in [1.82, 2.24) is 4.98 Å². The second-order valence-corrected chi connectivity index (χ2v) is 23.7. The third-order valence-electron chi connectivity index (χ3n) is 12.8. The van der Waals surface area contributed by atoms with Crippen LogP contribution < -0.4 is 10.4 Å². The summed E-state index contributed by atoms with van der Waals surface area (Å²) in [7, 11) is -2.84. The van der Waals surface area contributed by atoms with E-state index in [0.29, 0.717) is 19.6 Å². The lowest BCUT2D eigenvalue weighted by molar-refractivity contribution is -0.289. The molecule has 2 fully saturated rings. The maximum atomic E-state index is 14.4. The molecule has 2 aliphatic heterocycles. The number of carbonyl (C=O) groups is 1. The van der Waals surface area contributed by atoms with Crippen molar-refractivity contribution in [3.8, 4) is 0 Å². The van der Waals surface area contributed by atoms with E-state index < -0.39 is 19.5 Å². The van der Waals surface area contributed by atoms with Crippen molar-refractivity contribution >= 4 is 30.6 Å². The molecule has 0 bridgehead atoms. The van der Waals surface area contributed by atoms with E-state index >= 15 is 0 Å². The van der Waals surface area contributed by atoms with Crippen molar-refractivity contribution in [1.29, 1.82) is 0 Å². The summed E-state index contributed by atoms with van der Waals surface area (Å²) in [4.78, 5) is 19.1. The van der Waals surface area contributed by atoms with Crippen LogP contribution in [0.3, 0.4) is 0 Å². The number of rotatable bonds is 19. The number of pyridine rings is 1. The van der Waals surface area contributed by atoms with Gasteiger partial charge in [0.1, 0.15) is 5.78 Å². The van der Waals surface area contributed by atoms with Crippen LogP contribution in [0.25, 0.3) is 6.08 Å². The fourth-order valence-corrected chi connectivity index (χ4v) is 14.0. The quantitative estimate of drug-likeness (QED) is 0.0879. The van der Waals surface area contributed by atoms with E-state index in [1.807, 2.05) is 46.0 Å². The zero-order chi connectivity index (χ0) is 43.6. The van der Waals surface area contributed by atoms with Gasteiger partial charge in [-0.05, 0) is 124 Å². The minimum atomic E-state index is -2.84. The molecule has 7 nitrogen and oxygen atoms in total. The Labute approximate surface area is 363 Å². The Bertz CT molecular complexity index is 1790. The molecule has 2 aromatic carbocycles. The number of ketones is 1. The lowest BCUT2D eigenvalue weighted by Gasteiger charge is -2.45. The van der Waals surface area contributed by atoms with Crippen LogP contribution in [-0.4, -0.2) is 62.7 Å². The van der Waals surface area contributed by atoms with Crippen LogP contribution in [0.4, 0.5) is 0 Å². The minimum Gasteiger partial charge on any atom is -0.400 e. The van der Waals surface area contributed by atoms with Gasteiger partial charge in [-0.3, -0.25) is 9.78 Å². The number of carbonyl (C=O) groups excluding carboxylic acids is 1. The molecule has 2 aliphatic rings. The Morgan fingerprint density at radius 1 is 0.900 bits per heavy atom. The number of hydrogen-bond acceptors (Lipinski definition) is 7. The summed E-state index contributed by atoms with van der Waals surface area (Å²) in [5.41, 5.74) is 2.73. The molecule has 2 unspecified atom stereocenters. The molecule has 6 atom stereocenters. The van der Waals surface area contributed by atoms with E-state index in [9.17, 15) is 4.79 Å². The van der Waals surface area contributed by atoms with Gasteiger partial charge in [0.15, 0.2) is 12.1 Å². The van der Waals surface area contributed by atoms with Gasteiger partial charge in [0, 0.05) is 18.7 Å². The second kappa shape index (κ2) is 21.2. The summed E-state index contributed by atoms with van der Waals surface area (Å²) >= 11 is 0. The van der Waals surface area contributed by atoms with Crippen molar-refractivity contribution in [2.45, 2.75) is 163 Å². The molecule has 60 heavy (non-hydrogen) atoms. The first-order valence-electron chi connectivity index (χ1n) is 22.6. The molecular weight excluding hydrogens is 763 g/mol. The van der Waals surface area contributed by atoms with E-state index in [-0.39, 0.29) is 47.3 Å². The molecule has 0 aliphatic carbocycles. The van der Waals surface area contributed by atoms with Crippen molar-refractivity contribution in [3.05, 3.63) is 108 Å². The van der Waals surface area contributed by atoms with Gasteiger partial charge in [-0.25, -0.2) is 0 Å². The molecule has 8 heteroatoms. The van der Waals surface area contributed by atoms with Gasteiger partial charge in [-0.15, -0.1) is 0 Å². The maximum Gasteiger partial charge on any atom is 0.261 e. The van der Waals surface area contributed by atoms with Crippen LogP contribution >= 0.6 is 0 Å². The molecule has 3 heterocycles. The van der Waals surface area contributed by atoms with Crippen LogP contribution in [0, 0.1) is 17.3 Å². The number of Topliss-reactive ketones (excluding diaryl/α,β-unsaturated/α-hetero) is 1. The highest BCUT2D eigenvalue weighted by Gasteiger charge is 2.52. The van der Waals surface area contributed by atoms with E-state index in [0.717, 1.165) is 56.2 Å². The summed E-state index contributed by atoms with van der Waals surface area (Å²) < 4.78 is 32.8. The SMILES string of the molecule is CC(=CC[C@H](O[Si](c1ccccc1)(c1ccccc1)C(C)(C)C)C(C)=Cc1ccccn1)CCC[C@H](C)[C@H](OC1CCCCO1)C(C)C(=O)C(C)(C)[C@@H]1CCOC(C)(C)O1. The lowest BCUT2D eigenvalue weighted by Crippen LogP contribution is -2.67. The van der Waals surface area contributed by atoms with Crippen LogP contribution in [0.1, 0.15) is 133 Å². The average molecular weight is 838 g/mol. The minimum absolute atomic E-state index is 0.153. The molecule has 2 saturated heterocycles. The number of ether oxygens (including phenoxy) is 4. The van der Waals surface area contributed by atoms with E-state index in [1.165, 1.54) is 15.9 Å². The van der Waals surface area contributed by atoms with Gasteiger partial charge in [-0.2, -0.15) is 0 Å². The smallest absolute Gasteiger partial charge is 0.261 e. The highest BCUT2D eigenvalue weighted by Crippen LogP contribution is 2.41. The first-order valence-corrected chi connectivity index (χ1v) is 24.5. The second-order valence-electron chi connectivity index (χ2n) is 19.5. The predicted molar refractivity (Wildman–Crippen MR) is 248 cm³/mol. The van der Waals surface area contributed by atoms with Gasteiger partial charge < -0.3 is 23.4 Å². The van der Waals surface area contributed by atoms with Crippen LogP contribution in [0.2, 0.25) is 5.04 Å². The Balaban J connectivity index is 1.35. The molecule has 328 valence electrons. The molecule has 5 rings (SSSR count). The van der Waals surface area contributed by atoms with E-state index in [4.69, 9.17) is 23.4 Å². The molecule has 0 N–H and O–H groups in total. The average Bonchev–Trinajstić information content (AvgIpc) is 3.22. The molecular formula is C52H75NO6Si. The van der Waals surface area contributed by atoms with Crippen LogP contribution in [0.15, 0.2) is 102 Å². The molecule has 0 spiro atoms. The molecule has 1 aromatic heterocycles. The third kappa shape index (κ3) is 12.2. The fraction of sp³-hybridized carbons (Fsp3) is 0.577. The normalized spacial score (nSPS) is 21.5. The predicted octanol–water partition coefficient (Wildman–Crippen LogP) is 11.3. The van der Waals surface area contributed by atoms with Gasteiger partial charge in [0.25, 0.3) is 8.32 Å². The monoisotopic (exact) mass is 838 g/mol. The summed E-state index contributed by atoms with van der Waals surface area (Å²) in [6, 6.07) is 27.8. The van der Waals surface area contributed by atoms with Gasteiger partial charge in [0.05, 0.1) is 36.0 Å². The molecule has 0 amide bonds. The maximum absolute atomic E-state index is 14.4. The Hall–Kier alpha value is -3.24. The number of aromatic nitrogens is 1. The fourth-order valence-electron chi connectivity index (χ4n) is 9.29.